The normalized spacial score (nSPS) is 17.0. The van der Waals surface area contributed by atoms with Gasteiger partial charge in [0.25, 0.3) is 0 Å². The Balaban J connectivity index is 1.75. The lowest BCUT2D eigenvalue weighted by atomic mass is 9.94. The van der Waals surface area contributed by atoms with Crippen molar-refractivity contribution in [2.45, 2.75) is 31.2 Å². The van der Waals surface area contributed by atoms with Crippen LogP contribution in [0.1, 0.15) is 36.9 Å². The largest absolute Gasteiger partial charge is 0.399 e. The maximum Gasteiger partial charge on any atom is 0.231 e. The van der Waals surface area contributed by atoms with Gasteiger partial charge in [0.1, 0.15) is 0 Å². The van der Waals surface area contributed by atoms with Crippen LogP contribution in [0.4, 0.5) is 5.69 Å². The molecule has 21 heavy (non-hydrogen) atoms. The summed E-state index contributed by atoms with van der Waals surface area (Å²) in [6, 6.07) is 11.5. The molecule has 1 fully saturated rings. The Labute approximate surface area is 124 Å². The van der Waals surface area contributed by atoms with E-state index in [1.165, 1.54) is 0 Å². The predicted octanol–water partition coefficient (Wildman–Crippen LogP) is 2.57. The number of nitrogens with two attached hydrogens (primary N) is 1. The van der Waals surface area contributed by atoms with Crippen molar-refractivity contribution in [3.8, 4) is 0 Å². The van der Waals surface area contributed by atoms with E-state index >= 15 is 0 Å². The van der Waals surface area contributed by atoms with Gasteiger partial charge >= 0.3 is 0 Å². The second-order valence-corrected chi connectivity index (χ2v) is 5.68. The lowest BCUT2D eigenvalue weighted by molar-refractivity contribution is -0.124. The third-order valence-electron chi connectivity index (χ3n) is 4.20. The fourth-order valence-electron chi connectivity index (χ4n) is 2.64. The van der Waals surface area contributed by atoms with Crippen LogP contribution >= 0.6 is 0 Å². The van der Waals surface area contributed by atoms with Gasteiger partial charge in [0, 0.05) is 18.1 Å². The van der Waals surface area contributed by atoms with Gasteiger partial charge in [0.2, 0.25) is 5.91 Å². The maximum absolute atomic E-state index is 12.6. The highest BCUT2D eigenvalue weighted by Crippen LogP contribution is 2.48. The van der Waals surface area contributed by atoms with E-state index in [4.69, 9.17) is 5.73 Å². The van der Waals surface area contributed by atoms with Gasteiger partial charge in [-0.05, 0) is 55.2 Å². The summed E-state index contributed by atoms with van der Waals surface area (Å²) in [7, 11) is 0. The zero-order chi connectivity index (χ0) is 14.9. The van der Waals surface area contributed by atoms with Crippen LogP contribution in [0.25, 0.3) is 0 Å². The minimum Gasteiger partial charge on any atom is -0.399 e. The molecule has 1 aliphatic rings. The number of hydrogen-bond donors (Lipinski definition) is 2. The summed E-state index contributed by atoms with van der Waals surface area (Å²) in [5, 5.41) is 3.11. The van der Waals surface area contributed by atoms with Gasteiger partial charge in [0.05, 0.1) is 11.5 Å². The number of pyridine rings is 1. The molecule has 3 rings (SSSR count). The minimum atomic E-state index is -0.366. The van der Waals surface area contributed by atoms with Crippen LogP contribution in [0.5, 0.6) is 0 Å². The fourth-order valence-corrected chi connectivity index (χ4v) is 2.64. The average molecular weight is 281 g/mol. The van der Waals surface area contributed by atoms with Gasteiger partial charge in [0.15, 0.2) is 0 Å². The predicted molar refractivity (Wildman–Crippen MR) is 82.6 cm³/mol. The van der Waals surface area contributed by atoms with E-state index in [2.05, 4.69) is 10.3 Å². The average Bonchev–Trinajstić information content (AvgIpc) is 3.30. The quantitative estimate of drug-likeness (QED) is 0.846. The lowest BCUT2D eigenvalue weighted by Crippen LogP contribution is -2.36. The van der Waals surface area contributed by atoms with E-state index in [-0.39, 0.29) is 17.4 Å². The molecule has 1 saturated carbocycles. The Kier molecular flexibility index (Phi) is 3.37. The second-order valence-electron chi connectivity index (χ2n) is 5.68. The third-order valence-corrected chi connectivity index (χ3v) is 4.20. The number of rotatable bonds is 4. The first-order valence-corrected chi connectivity index (χ1v) is 7.19. The van der Waals surface area contributed by atoms with Crippen LogP contribution < -0.4 is 11.1 Å². The number of hydrogen-bond acceptors (Lipinski definition) is 3. The molecule has 2 aromatic rings. The summed E-state index contributed by atoms with van der Waals surface area (Å²) in [5.74, 6) is 0.0941. The third kappa shape index (κ3) is 2.61. The van der Waals surface area contributed by atoms with Gasteiger partial charge in [-0.15, -0.1) is 0 Å². The number of benzene rings is 1. The highest BCUT2D eigenvalue weighted by atomic mass is 16.2. The van der Waals surface area contributed by atoms with Crippen LogP contribution in [0, 0.1) is 0 Å². The Morgan fingerprint density at radius 2 is 1.81 bits per heavy atom. The zero-order valence-corrected chi connectivity index (χ0v) is 12.0. The van der Waals surface area contributed by atoms with Crippen LogP contribution in [0.15, 0.2) is 48.8 Å². The van der Waals surface area contributed by atoms with E-state index in [0.29, 0.717) is 0 Å². The molecule has 1 aliphatic carbocycles. The highest BCUT2D eigenvalue weighted by molar-refractivity contribution is 5.91. The van der Waals surface area contributed by atoms with Gasteiger partial charge in [-0.3, -0.25) is 9.78 Å². The summed E-state index contributed by atoms with van der Waals surface area (Å²) in [5.41, 5.74) is 8.19. The second kappa shape index (κ2) is 5.20. The van der Waals surface area contributed by atoms with Gasteiger partial charge in [-0.25, -0.2) is 0 Å². The Morgan fingerprint density at radius 3 is 2.38 bits per heavy atom. The highest BCUT2D eigenvalue weighted by Gasteiger charge is 2.51. The Hall–Kier alpha value is -2.36. The summed E-state index contributed by atoms with van der Waals surface area (Å²) in [6.45, 7) is 1.99. The number of anilines is 1. The topological polar surface area (TPSA) is 68.0 Å². The zero-order valence-electron chi connectivity index (χ0n) is 12.0. The molecule has 1 heterocycles. The number of carbonyl (C=O) groups is 1. The number of nitrogens with one attached hydrogen (secondary N) is 1. The molecule has 1 amide bonds. The Bertz CT molecular complexity index is 633. The molecule has 4 nitrogen and oxygen atoms in total. The summed E-state index contributed by atoms with van der Waals surface area (Å²) >= 11 is 0. The summed E-state index contributed by atoms with van der Waals surface area (Å²) < 4.78 is 0. The number of amides is 1. The minimum absolute atomic E-state index is 0.0215. The maximum atomic E-state index is 12.6. The van der Waals surface area contributed by atoms with Gasteiger partial charge in [-0.1, -0.05) is 12.1 Å². The number of aromatic nitrogens is 1. The summed E-state index contributed by atoms with van der Waals surface area (Å²) in [4.78, 5) is 16.6. The van der Waals surface area contributed by atoms with E-state index in [1.807, 2.05) is 43.3 Å². The molecule has 108 valence electrons. The molecule has 1 aromatic heterocycles. The van der Waals surface area contributed by atoms with Crippen molar-refractivity contribution in [3.05, 3.63) is 59.9 Å². The van der Waals surface area contributed by atoms with Crippen molar-refractivity contribution in [1.29, 1.82) is 0 Å². The van der Waals surface area contributed by atoms with Crippen molar-refractivity contribution in [2.24, 2.45) is 0 Å². The first-order valence-electron chi connectivity index (χ1n) is 7.19. The van der Waals surface area contributed by atoms with Crippen LogP contribution in [-0.4, -0.2) is 10.9 Å². The molecule has 0 unspecified atom stereocenters. The van der Waals surface area contributed by atoms with Gasteiger partial charge < -0.3 is 11.1 Å². The number of nitrogens with zero attached hydrogens (tertiary/aromatic N) is 1. The smallest absolute Gasteiger partial charge is 0.231 e. The monoisotopic (exact) mass is 281 g/mol. The number of carbonyl (C=O) groups excluding carboxylic acids is 1. The molecule has 0 bridgehead atoms. The summed E-state index contributed by atoms with van der Waals surface area (Å²) in [6.07, 6.45) is 5.27. The molecule has 0 aliphatic heterocycles. The first-order chi connectivity index (χ1) is 10.1. The molecule has 0 spiro atoms. The molecular formula is C17H19N3O. The van der Waals surface area contributed by atoms with E-state index in [0.717, 1.165) is 29.7 Å². The van der Waals surface area contributed by atoms with Crippen molar-refractivity contribution in [2.75, 3.05) is 5.73 Å². The fraction of sp³-hybridized carbons (Fsp3) is 0.294. The molecule has 1 atom stereocenters. The van der Waals surface area contributed by atoms with Gasteiger partial charge in [-0.2, -0.15) is 0 Å². The molecule has 0 radical (unpaired) electrons. The molecule has 1 aromatic carbocycles. The standard InChI is InChI=1S/C17H19N3O/c1-12(13-6-10-19-11-7-13)20-16(21)17(8-9-17)14-2-4-15(18)5-3-14/h2-7,10-12H,8-9,18H2,1H3,(H,20,21)/t12-/m0/s1. The SMILES string of the molecule is C[C@H](NC(=O)C1(c2ccc(N)cc2)CC1)c1ccncc1. The Morgan fingerprint density at radius 1 is 1.19 bits per heavy atom. The van der Waals surface area contributed by atoms with E-state index in [9.17, 15) is 4.79 Å². The van der Waals surface area contributed by atoms with E-state index in [1.54, 1.807) is 12.4 Å². The van der Waals surface area contributed by atoms with E-state index < -0.39 is 0 Å². The molecule has 3 N–H and O–H groups in total. The lowest BCUT2D eigenvalue weighted by Gasteiger charge is -2.20. The van der Waals surface area contributed by atoms with Crippen LogP contribution in [-0.2, 0) is 10.2 Å². The number of nitrogen functional groups attached to an aromatic ring is 1. The van der Waals surface area contributed by atoms with Crippen molar-refractivity contribution in [1.82, 2.24) is 10.3 Å². The van der Waals surface area contributed by atoms with Crippen molar-refractivity contribution < 1.29 is 4.79 Å². The van der Waals surface area contributed by atoms with Crippen molar-refractivity contribution >= 4 is 11.6 Å². The van der Waals surface area contributed by atoms with Crippen molar-refractivity contribution in [3.63, 3.8) is 0 Å². The van der Waals surface area contributed by atoms with Crippen LogP contribution in [0.3, 0.4) is 0 Å². The molecular weight excluding hydrogens is 262 g/mol. The molecule has 0 saturated heterocycles. The van der Waals surface area contributed by atoms with Crippen LogP contribution in [0.2, 0.25) is 0 Å². The molecule has 4 heteroatoms. The first kappa shape index (κ1) is 13.6.